The zero-order valence-corrected chi connectivity index (χ0v) is 17.8. The molecule has 1 amide bonds. The van der Waals surface area contributed by atoms with E-state index in [0.29, 0.717) is 23.8 Å². The van der Waals surface area contributed by atoms with Crippen molar-refractivity contribution in [2.75, 3.05) is 6.61 Å². The number of rotatable bonds is 6. The van der Waals surface area contributed by atoms with E-state index in [1.807, 2.05) is 62.0 Å². The van der Waals surface area contributed by atoms with Crippen LogP contribution in [0.15, 0.2) is 47.2 Å². The molecule has 3 aromatic rings. The maximum absolute atomic E-state index is 12.7. The first-order valence-corrected chi connectivity index (χ1v) is 9.68. The number of ether oxygens (including phenoxy) is 1. The van der Waals surface area contributed by atoms with Crippen molar-refractivity contribution in [1.82, 2.24) is 14.9 Å². The Bertz CT molecular complexity index is 985. The van der Waals surface area contributed by atoms with Crippen LogP contribution in [0.1, 0.15) is 29.8 Å². The van der Waals surface area contributed by atoms with Gasteiger partial charge >= 0.3 is 0 Å². The van der Waals surface area contributed by atoms with Crippen LogP contribution in [0.3, 0.4) is 0 Å². The molecule has 5 nitrogen and oxygen atoms in total. The maximum Gasteiger partial charge on any atom is 0.253 e. The third-order valence-corrected chi connectivity index (χ3v) is 5.16. The average Bonchev–Trinajstić information content (AvgIpc) is 2.90. The van der Waals surface area contributed by atoms with E-state index in [9.17, 15) is 4.79 Å². The Hall–Kier alpha value is -1.89. The molecule has 142 valence electrons. The van der Waals surface area contributed by atoms with Gasteiger partial charge in [-0.25, -0.2) is 4.98 Å². The molecule has 7 heteroatoms. The molecule has 1 N–H and O–H groups in total. The number of nitrogens with one attached hydrogen (secondary N) is 1. The molecular weight excluding hydrogens is 430 g/mol. The molecule has 0 spiro atoms. The summed E-state index contributed by atoms with van der Waals surface area (Å²) >= 11 is 9.64. The maximum atomic E-state index is 12.7. The highest BCUT2D eigenvalue weighted by molar-refractivity contribution is 9.10. The van der Waals surface area contributed by atoms with Crippen molar-refractivity contribution in [2.24, 2.45) is 7.05 Å². The first-order chi connectivity index (χ1) is 12.8. The summed E-state index contributed by atoms with van der Waals surface area (Å²) in [7, 11) is 1.92. The summed E-state index contributed by atoms with van der Waals surface area (Å²) in [4.78, 5) is 17.0. The van der Waals surface area contributed by atoms with E-state index in [0.717, 1.165) is 21.1 Å². The minimum Gasteiger partial charge on any atom is -0.374 e. The normalized spacial score (nSPS) is 11.7. The largest absolute Gasteiger partial charge is 0.374 e. The third kappa shape index (κ3) is 4.69. The first kappa shape index (κ1) is 19.9. The van der Waals surface area contributed by atoms with Crippen LogP contribution in [0.5, 0.6) is 0 Å². The van der Waals surface area contributed by atoms with Gasteiger partial charge < -0.3 is 14.6 Å². The fourth-order valence-electron chi connectivity index (χ4n) is 2.79. The van der Waals surface area contributed by atoms with Crippen LogP contribution >= 0.6 is 27.5 Å². The third-order valence-electron chi connectivity index (χ3n) is 4.16. The molecule has 0 unspecified atom stereocenters. The lowest BCUT2D eigenvalue weighted by molar-refractivity contribution is 0.0617. The van der Waals surface area contributed by atoms with E-state index in [1.54, 1.807) is 6.20 Å². The number of aryl methyl sites for hydroxylation is 1. The van der Waals surface area contributed by atoms with Crippen LogP contribution in [0.25, 0.3) is 11.0 Å². The molecule has 0 saturated heterocycles. The van der Waals surface area contributed by atoms with Crippen molar-refractivity contribution < 1.29 is 9.53 Å². The highest BCUT2D eigenvalue weighted by Gasteiger charge is 2.22. The monoisotopic (exact) mass is 449 g/mol. The Kier molecular flexibility index (Phi) is 5.89. The van der Waals surface area contributed by atoms with Gasteiger partial charge in [-0.2, -0.15) is 0 Å². The summed E-state index contributed by atoms with van der Waals surface area (Å²) in [6.45, 7) is 4.59. The number of amides is 1. The summed E-state index contributed by atoms with van der Waals surface area (Å²) < 4.78 is 8.59. The molecule has 1 aromatic carbocycles. The topological polar surface area (TPSA) is 56.2 Å². The van der Waals surface area contributed by atoms with Gasteiger partial charge in [-0.3, -0.25) is 4.79 Å². The number of carbonyl (C=O) groups excluding carboxylic acids is 1. The van der Waals surface area contributed by atoms with Crippen molar-refractivity contribution in [3.63, 3.8) is 0 Å². The SMILES string of the molecule is Cn1cc(Br)c2cc(C(=O)NC(C)(C)COCc3ccccc3Cl)cnc21. The second-order valence-corrected chi connectivity index (χ2v) is 8.37. The van der Waals surface area contributed by atoms with Gasteiger partial charge in [-0.05, 0) is 47.5 Å². The van der Waals surface area contributed by atoms with Crippen LogP contribution in [0.4, 0.5) is 0 Å². The minimum absolute atomic E-state index is 0.188. The highest BCUT2D eigenvalue weighted by Crippen LogP contribution is 2.25. The Morgan fingerprint density at radius 2 is 2.11 bits per heavy atom. The van der Waals surface area contributed by atoms with E-state index in [-0.39, 0.29) is 5.91 Å². The van der Waals surface area contributed by atoms with E-state index in [4.69, 9.17) is 16.3 Å². The van der Waals surface area contributed by atoms with Crippen LogP contribution in [0, 0.1) is 0 Å². The van der Waals surface area contributed by atoms with Gasteiger partial charge in [0, 0.05) is 34.3 Å². The molecule has 2 aromatic heterocycles. The number of aromatic nitrogens is 2. The number of hydrogen-bond acceptors (Lipinski definition) is 3. The number of nitrogens with zero attached hydrogens (tertiary/aromatic N) is 2. The van der Waals surface area contributed by atoms with E-state index >= 15 is 0 Å². The lowest BCUT2D eigenvalue weighted by Gasteiger charge is -2.26. The van der Waals surface area contributed by atoms with Gasteiger partial charge in [0.25, 0.3) is 5.91 Å². The van der Waals surface area contributed by atoms with Gasteiger partial charge in [0.15, 0.2) is 0 Å². The lowest BCUT2D eigenvalue weighted by Crippen LogP contribution is -2.47. The zero-order valence-electron chi connectivity index (χ0n) is 15.4. The lowest BCUT2D eigenvalue weighted by atomic mass is 10.1. The fourth-order valence-corrected chi connectivity index (χ4v) is 3.58. The fraction of sp³-hybridized carbons (Fsp3) is 0.300. The van der Waals surface area contributed by atoms with Crippen molar-refractivity contribution in [2.45, 2.75) is 26.0 Å². The molecule has 2 heterocycles. The molecule has 0 aliphatic carbocycles. The Morgan fingerprint density at radius 3 is 2.85 bits per heavy atom. The van der Waals surface area contributed by atoms with Crippen molar-refractivity contribution in [3.05, 3.63) is 63.3 Å². The van der Waals surface area contributed by atoms with E-state index in [1.165, 1.54) is 0 Å². The number of pyridine rings is 1. The van der Waals surface area contributed by atoms with Crippen LogP contribution in [-0.2, 0) is 18.4 Å². The number of carbonyl (C=O) groups is 1. The molecule has 0 saturated carbocycles. The molecular formula is C20H21BrClN3O2. The summed E-state index contributed by atoms with van der Waals surface area (Å²) in [5, 5.41) is 4.58. The first-order valence-electron chi connectivity index (χ1n) is 8.51. The van der Waals surface area contributed by atoms with Gasteiger partial charge in [0.2, 0.25) is 0 Å². The van der Waals surface area contributed by atoms with Crippen molar-refractivity contribution in [1.29, 1.82) is 0 Å². The molecule has 0 bridgehead atoms. The van der Waals surface area contributed by atoms with Crippen LogP contribution < -0.4 is 5.32 Å². The molecule has 0 aliphatic heterocycles. The Morgan fingerprint density at radius 1 is 1.37 bits per heavy atom. The number of fused-ring (bicyclic) bond motifs is 1. The molecule has 3 rings (SSSR count). The second kappa shape index (κ2) is 8.00. The van der Waals surface area contributed by atoms with Crippen molar-refractivity contribution in [3.8, 4) is 0 Å². The van der Waals surface area contributed by atoms with E-state index < -0.39 is 5.54 Å². The van der Waals surface area contributed by atoms with Gasteiger partial charge in [0.05, 0.1) is 24.3 Å². The molecule has 0 atom stereocenters. The van der Waals surface area contributed by atoms with Crippen LogP contribution in [0.2, 0.25) is 5.02 Å². The van der Waals surface area contributed by atoms with Crippen LogP contribution in [-0.4, -0.2) is 27.6 Å². The minimum atomic E-state index is -0.540. The molecule has 27 heavy (non-hydrogen) atoms. The standard InChI is InChI=1S/C20H21BrClN3O2/c1-20(2,12-27-11-13-6-4-5-7-17(13)22)24-19(26)14-8-15-16(21)10-25(3)18(15)23-9-14/h4-10H,11-12H2,1-3H3,(H,24,26). The quantitative estimate of drug-likeness (QED) is 0.591. The Balaban J connectivity index is 1.63. The Labute approximate surface area is 171 Å². The summed E-state index contributed by atoms with van der Waals surface area (Å²) in [5.41, 5.74) is 1.71. The van der Waals surface area contributed by atoms with Gasteiger partial charge in [-0.15, -0.1) is 0 Å². The number of halogens is 2. The molecule has 0 radical (unpaired) electrons. The molecule has 0 aliphatic rings. The van der Waals surface area contributed by atoms with Gasteiger partial charge in [-0.1, -0.05) is 29.8 Å². The average molecular weight is 451 g/mol. The summed E-state index contributed by atoms with van der Waals surface area (Å²) in [6, 6.07) is 9.39. The second-order valence-electron chi connectivity index (χ2n) is 7.11. The predicted octanol–water partition coefficient (Wildman–Crippen LogP) is 4.71. The summed E-state index contributed by atoms with van der Waals surface area (Å²) in [6.07, 6.45) is 3.51. The smallest absolute Gasteiger partial charge is 0.253 e. The zero-order chi connectivity index (χ0) is 19.6. The van der Waals surface area contributed by atoms with E-state index in [2.05, 4.69) is 26.2 Å². The number of hydrogen-bond donors (Lipinski definition) is 1. The van der Waals surface area contributed by atoms with Gasteiger partial charge in [0.1, 0.15) is 5.65 Å². The highest BCUT2D eigenvalue weighted by atomic mass is 79.9. The predicted molar refractivity (Wildman–Crippen MR) is 111 cm³/mol. The molecule has 0 fully saturated rings. The summed E-state index contributed by atoms with van der Waals surface area (Å²) in [5.74, 6) is -0.188. The van der Waals surface area contributed by atoms with Crippen molar-refractivity contribution >= 4 is 44.5 Å². The number of benzene rings is 1.